The van der Waals surface area contributed by atoms with Gasteiger partial charge in [0.15, 0.2) is 0 Å². The smallest absolute Gasteiger partial charge is 0.0540 e. The van der Waals surface area contributed by atoms with Crippen LogP contribution >= 0.6 is 0 Å². The predicted octanol–water partition coefficient (Wildman–Crippen LogP) is 7.55. The summed E-state index contributed by atoms with van der Waals surface area (Å²) >= 11 is 0. The van der Waals surface area contributed by atoms with Gasteiger partial charge in [-0.2, -0.15) is 0 Å². The highest BCUT2D eigenvalue weighted by Crippen LogP contribution is 2.38. The molecule has 0 heterocycles. The lowest BCUT2D eigenvalue weighted by molar-refractivity contribution is 1.27. The molecule has 3 aromatic carbocycles. The van der Waals surface area contributed by atoms with Crippen LogP contribution in [0.3, 0.4) is 0 Å². The number of para-hydroxylation sites is 2. The summed E-state index contributed by atoms with van der Waals surface area (Å²) in [5.74, 6) is 0. The van der Waals surface area contributed by atoms with Crippen LogP contribution in [0.2, 0.25) is 0 Å². The van der Waals surface area contributed by atoms with E-state index >= 15 is 0 Å². The molecule has 0 aliphatic heterocycles. The van der Waals surface area contributed by atoms with Gasteiger partial charge >= 0.3 is 0 Å². The first-order chi connectivity index (χ1) is 13.3. The number of allylic oxidation sites excluding steroid dienone is 4. The van der Waals surface area contributed by atoms with Crippen molar-refractivity contribution in [2.24, 2.45) is 0 Å². The molecule has 0 bridgehead atoms. The molecule has 0 unspecified atom stereocenters. The fraction of sp³-hybridized carbons (Fsp3) is 0. The van der Waals surface area contributed by atoms with Crippen LogP contribution in [0.4, 0.5) is 17.1 Å². The van der Waals surface area contributed by atoms with Crippen molar-refractivity contribution in [1.29, 1.82) is 0 Å². The monoisotopic (exact) mass is 349 g/mol. The van der Waals surface area contributed by atoms with Crippen LogP contribution in [0, 0.1) is 0 Å². The molecule has 0 fully saturated rings. The van der Waals surface area contributed by atoms with Crippen LogP contribution < -0.4 is 4.90 Å². The van der Waals surface area contributed by atoms with E-state index in [0.29, 0.717) is 0 Å². The molecule has 1 heteroatoms. The van der Waals surface area contributed by atoms with E-state index < -0.39 is 0 Å². The molecular formula is C26H23N. The molecule has 0 aromatic heterocycles. The first-order valence-corrected chi connectivity index (χ1v) is 8.96. The lowest BCUT2D eigenvalue weighted by Gasteiger charge is -2.27. The standard InChI is InChI=1S/C26H23N/c1-3-5-14-22-15-13-21-26(25(22)20-6-4-2)27(23-16-9-7-10-17-23)24-18-11-8-12-19-24/h3-21H,1-2H2. The number of nitrogens with zero attached hydrogens (tertiary/aromatic N) is 1. The zero-order valence-corrected chi connectivity index (χ0v) is 15.3. The van der Waals surface area contributed by atoms with Gasteiger partial charge in [-0.15, -0.1) is 0 Å². The number of anilines is 3. The highest BCUT2D eigenvalue weighted by atomic mass is 15.1. The van der Waals surface area contributed by atoms with E-state index in [1.807, 2.05) is 24.3 Å². The van der Waals surface area contributed by atoms with Crippen molar-refractivity contribution in [2.45, 2.75) is 0 Å². The van der Waals surface area contributed by atoms with Crippen LogP contribution in [0.15, 0.2) is 116 Å². The Labute approximate surface area is 161 Å². The van der Waals surface area contributed by atoms with Crippen molar-refractivity contribution in [3.05, 3.63) is 127 Å². The topological polar surface area (TPSA) is 3.24 Å². The molecule has 0 saturated heterocycles. The largest absolute Gasteiger partial charge is 0.310 e. The molecule has 1 nitrogen and oxygen atoms in total. The number of rotatable bonds is 7. The van der Waals surface area contributed by atoms with Gasteiger partial charge in [0.2, 0.25) is 0 Å². The zero-order chi connectivity index (χ0) is 18.9. The van der Waals surface area contributed by atoms with E-state index in [-0.39, 0.29) is 0 Å². The molecule has 0 saturated carbocycles. The summed E-state index contributed by atoms with van der Waals surface area (Å²) in [6.07, 6.45) is 11.7. The molecule has 0 atom stereocenters. The quantitative estimate of drug-likeness (QED) is 0.398. The molecule has 0 aliphatic rings. The minimum atomic E-state index is 1.11. The van der Waals surface area contributed by atoms with Crippen LogP contribution in [0.5, 0.6) is 0 Å². The maximum atomic E-state index is 3.82. The number of hydrogen-bond donors (Lipinski definition) is 0. The van der Waals surface area contributed by atoms with Crippen molar-refractivity contribution < 1.29 is 0 Å². The van der Waals surface area contributed by atoms with Crippen molar-refractivity contribution in [1.82, 2.24) is 0 Å². The van der Waals surface area contributed by atoms with E-state index in [1.54, 1.807) is 12.2 Å². The third-order valence-corrected chi connectivity index (χ3v) is 4.20. The second-order valence-corrected chi connectivity index (χ2v) is 5.98. The van der Waals surface area contributed by atoms with Gasteiger partial charge < -0.3 is 4.90 Å². The molecular weight excluding hydrogens is 326 g/mol. The summed E-state index contributed by atoms with van der Waals surface area (Å²) in [5, 5.41) is 0. The van der Waals surface area contributed by atoms with Crippen LogP contribution in [-0.2, 0) is 0 Å². The Balaban J connectivity index is 2.26. The third kappa shape index (κ3) is 4.34. The Hall–Kier alpha value is -3.58. The molecule has 0 aliphatic carbocycles. The summed E-state index contributed by atoms with van der Waals surface area (Å²) in [6.45, 7) is 7.61. The van der Waals surface area contributed by atoms with E-state index in [0.717, 1.165) is 28.2 Å². The van der Waals surface area contributed by atoms with Crippen LogP contribution in [-0.4, -0.2) is 0 Å². The van der Waals surface area contributed by atoms with Crippen molar-refractivity contribution in [3.8, 4) is 0 Å². The van der Waals surface area contributed by atoms with Gasteiger partial charge in [-0.25, -0.2) is 0 Å². The molecule has 0 radical (unpaired) electrons. The summed E-state index contributed by atoms with van der Waals surface area (Å²) in [4.78, 5) is 2.27. The van der Waals surface area contributed by atoms with E-state index in [4.69, 9.17) is 0 Å². The van der Waals surface area contributed by atoms with E-state index in [9.17, 15) is 0 Å². The SMILES string of the molecule is C=CC=Cc1cccc(N(c2ccccc2)c2ccccc2)c1C=CC=C. The van der Waals surface area contributed by atoms with Gasteiger partial charge in [0, 0.05) is 16.9 Å². The summed E-state index contributed by atoms with van der Waals surface area (Å²) in [7, 11) is 0. The summed E-state index contributed by atoms with van der Waals surface area (Å²) in [5.41, 5.74) is 5.59. The number of benzene rings is 3. The highest BCUT2D eigenvalue weighted by Gasteiger charge is 2.15. The second-order valence-electron chi connectivity index (χ2n) is 5.98. The molecule has 27 heavy (non-hydrogen) atoms. The van der Waals surface area contributed by atoms with Crippen molar-refractivity contribution in [3.63, 3.8) is 0 Å². The Morgan fingerprint density at radius 1 is 0.593 bits per heavy atom. The van der Waals surface area contributed by atoms with Gasteiger partial charge in [0.1, 0.15) is 0 Å². The van der Waals surface area contributed by atoms with Crippen LogP contribution in [0.25, 0.3) is 12.2 Å². The fourth-order valence-corrected chi connectivity index (χ4v) is 3.01. The Kier molecular flexibility index (Phi) is 6.21. The van der Waals surface area contributed by atoms with Crippen LogP contribution in [0.1, 0.15) is 11.1 Å². The Bertz CT molecular complexity index is 911. The normalized spacial score (nSPS) is 11.0. The molecule has 0 N–H and O–H groups in total. The van der Waals surface area contributed by atoms with Crippen molar-refractivity contribution >= 4 is 29.2 Å². The lowest BCUT2D eigenvalue weighted by atomic mass is 10.0. The average Bonchev–Trinajstić information content (AvgIpc) is 2.73. The van der Waals surface area contributed by atoms with Gasteiger partial charge in [-0.3, -0.25) is 0 Å². The van der Waals surface area contributed by atoms with E-state index in [1.165, 1.54) is 0 Å². The van der Waals surface area contributed by atoms with E-state index in [2.05, 4.69) is 96.9 Å². The molecule has 3 rings (SSSR count). The summed E-state index contributed by atoms with van der Waals surface area (Å²) < 4.78 is 0. The lowest BCUT2D eigenvalue weighted by Crippen LogP contribution is -2.11. The fourth-order valence-electron chi connectivity index (χ4n) is 3.01. The molecule has 132 valence electrons. The predicted molar refractivity (Wildman–Crippen MR) is 120 cm³/mol. The highest BCUT2D eigenvalue weighted by molar-refractivity contribution is 5.86. The molecule has 0 amide bonds. The minimum absolute atomic E-state index is 1.11. The van der Waals surface area contributed by atoms with Gasteiger partial charge in [-0.1, -0.05) is 98.1 Å². The number of hydrogen-bond acceptors (Lipinski definition) is 1. The molecule has 0 spiro atoms. The average molecular weight is 349 g/mol. The second kappa shape index (κ2) is 9.21. The Morgan fingerprint density at radius 2 is 1.15 bits per heavy atom. The van der Waals surface area contributed by atoms with Gasteiger partial charge in [0.05, 0.1) is 5.69 Å². The Morgan fingerprint density at radius 3 is 1.70 bits per heavy atom. The first-order valence-electron chi connectivity index (χ1n) is 8.96. The maximum absolute atomic E-state index is 3.82. The molecule has 3 aromatic rings. The third-order valence-electron chi connectivity index (χ3n) is 4.20. The van der Waals surface area contributed by atoms with Gasteiger partial charge in [0.25, 0.3) is 0 Å². The first kappa shape index (κ1) is 18.2. The van der Waals surface area contributed by atoms with Crippen molar-refractivity contribution in [2.75, 3.05) is 4.90 Å². The minimum Gasteiger partial charge on any atom is -0.310 e. The summed E-state index contributed by atoms with van der Waals surface area (Å²) in [6, 6.07) is 27.2. The maximum Gasteiger partial charge on any atom is 0.0540 e. The van der Waals surface area contributed by atoms with Gasteiger partial charge in [-0.05, 0) is 35.9 Å². The zero-order valence-electron chi connectivity index (χ0n) is 15.3.